The van der Waals surface area contributed by atoms with Gasteiger partial charge < -0.3 is 0 Å². The maximum Gasteiger partial charge on any atom is 0.152 e. The molecule has 70 valence electrons. The summed E-state index contributed by atoms with van der Waals surface area (Å²) >= 11 is 1.50. The van der Waals surface area contributed by atoms with Crippen LogP contribution in [0.2, 0.25) is 0 Å². The van der Waals surface area contributed by atoms with E-state index in [4.69, 9.17) is 0 Å². The first kappa shape index (κ1) is 9.02. The van der Waals surface area contributed by atoms with Gasteiger partial charge in [0, 0.05) is 22.8 Å². The first-order chi connectivity index (χ1) is 6.81. The van der Waals surface area contributed by atoms with E-state index >= 15 is 0 Å². The van der Waals surface area contributed by atoms with Crippen LogP contribution in [-0.2, 0) is 0 Å². The Morgan fingerprint density at radius 3 is 3.00 bits per heavy atom. The summed E-state index contributed by atoms with van der Waals surface area (Å²) in [7, 11) is 0. The third kappa shape index (κ3) is 1.56. The zero-order valence-electron chi connectivity index (χ0n) is 7.60. The van der Waals surface area contributed by atoms with E-state index in [1.54, 1.807) is 18.3 Å². The van der Waals surface area contributed by atoms with Crippen molar-refractivity contribution in [2.24, 2.45) is 0 Å². The standard InChI is InChI=1S/C10H8N2OS/c1-7-6-14-10(12-7)9-8(5-13)3-2-4-11-9/h2-6H,1H3. The van der Waals surface area contributed by atoms with Crippen LogP contribution in [0.4, 0.5) is 0 Å². The number of carbonyl (C=O) groups is 1. The van der Waals surface area contributed by atoms with Gasteiger partial charge in [-0.25, -0.2) is 4.98 Å². The highest BCUT2D eigenvalue weighted by atomic mass is 32.1. The van der Waals surface area contributed by atoms with Gasteiger partial charge >= 0.3 is 0 Å². The average molecular weight is 204 g/mol. The maximum absolute atomic E-state index is 10.7. The van der Waals surface area contributed by atoms with Gasteiger partial charge in [0.15, 0.2) is 6.29 Å². The number of rotatable bonds is 2. The minimum Gasteiger partial charge on any atom is -0.298 e. The third-order valence-electron chi connectivity index (χ3n) is 1.79. The van der Waals surface area contributed by atoms with Crippen LogP contribution in [0.1, 0.15) is 16.1 Å². The molecule has 2 aromatic heterocycles. The molecule has 0 aliphatic rings. The van der Waals surface area contributed by atoms with Crippen molar-refractivity contribution in [2.75, 3.05) is 0 Å². The number of carbonyl (C=O) groups excluding carboxylic acids is 1. The Labute approximate surface area is 85.5 Å². The Hall–Kier alpha value is -1.55. The molecule has 0 aliphatic carbocycles. The molecule has 0 fully saturated rings. The van der Waals surface area contributed by atoms with Crippen LogP contribution >= 0.6 is 11.3 Å². The largest absolute Gasteiger partial charge is 0.298 e. The molecule has 0 unspecified atom stereocenters. The van der Waals surface area contributed by atoms with Crippen LogP contribution in [0, 0.1) is 6.92 Å². The fraction of sp³-hybridized carbons (Fsp3) is 0.100. The Morgan fingerprint density at radius 2 is 2.36 bits per heavy atom. The van der Waals surface area contributed by atoms with Crippen LogP contribution < -0.4 is 0 Å². The number of thiazole rings is 1. The number of aryl methyl sites for hydroxylation is 1. The van der Waals surface area contributed by atoms with Gasteiger partial charge in [-0.15, -0.1) is 11.3 Å². The lowest BCUT2D eigenvalue weighted by atomic mass is 10.2. The second kappa shape index (κ2) is 3.67. The van der Waals surface area contributed by atoms with Gasteiger partial charge in [0.1, 0.15) is 10.7 Å². The molecule has 0 saturated heterocycles. The number of hydrogen-bond acceptors (Lipinski definition) is 4. The summed E-state index contributed by atoms with van der Waals surface area (Å²) in [6.07, 6.45) is 2.47. The molecule has 0 radical (unpaired) electrons. The highest BCUT2D eigenvalue weighted by Crippen LogP contribution is 2.23. The van der Waals surface area contributed by atoms with Crippen LogP contribution in [0.15, 0.2) is 23.7 Å². The fourth-order valence-corrected chi connectivity index (χ4v) is 1.97. The lowest BCUT2D eigenvalue weighted by Gasteiger charge is -1.97. The topological polar surface area (TPSA) is 42.9 Å². The van der Waals surface area contributed by atoms with Crippen molar-refractivity contribution < 1.29 is 4.79 Å². The molecule has 2 rings (SSSR count). The molecule has 0 bridgehead atoms. The van der Waals surface area contributed by atoms with Gasteiger partial charge in [0.05, 0.1) is 0 Å². The van der Waals surface area contributed by atoms with Crippen molar-refractivity contribution in [3.63, 3.8) is 0 Å². The molecule has 0 amide bonds. The van der Waals surface area contributed by atoms with Crippen molar-refractivity contribution >= 4 is 17.6 Å². The molecule has 4 heteroatoms. The van der Waals surface area contributed by atoms with E-state index < -0.39 is 0 Å². The van der Waals surface area contributed by atoms with Crippen LogP contribution in [0.25, 0.3) is 10.7 Å². The van der Waals surface area contributed by atoms with E-state index in [0.29, 0.717) is 11.3 Å². The van der Waals surface area contributed by atoms with E-state index in [2.05, 4.69) is 9.97 Å². The second-order valence-corrected chi connectivity index (χ2v) is 3.71. The summed E-state index contributed by atoms with van der Waals surface area (Å²) in [4.78, 5) is 19.2. The number of hydrogen-bond donors (Lipinski definition) is 0. The number of nitrogens with zero attached hydrogens (tertiary/aromatic N) is 2. The zero-order valence-corrected chi connectivity index (χ0v) is 8.41. The van der Waals surface area contributed by atoms with Crippen molar-refractivity contribution in [3.05, 3.63) is 35.0 Å². The van der Waals surface area contributed by atoms with Gasteiger partial charge in [-0.1, -0.05) is 0 Å². The van der Waals surface area contributed by atoms with E-state index in [1.807, 2.05) is 12.3 Å². The van der Waals surface area contributed by atoms with Gasteiger partial charge in [0.2, 0.25) is 0 Å². The van der Waals surface area contributed by atoms with Gasteiger partial charge in [-0.3, -0.25) is 9.78 Å². The summed E-state index contributed by atoms with van der Waals surface area (Å²) < 4.78 is 0. The molecule has 14 heavy (non-hydrogen) atoms. The lowest BCUT2D eigenvalue weighted by Crippen LogP contribution is -1.90. The minimum absolute atomic E-state index is 0.585. The van der Waals surface area contributed by atoms with Crippen LogP contribution in [0.3, 0.4) is 0 Å². The predicted octanol–water partition coefficient (Wildman–Crippen LogP) is 2.33. The SMILES string of the molecule is Cc1csc(-c2ncccc2C=O)n1. The smallest absolute Gasteiger partial charge is 0.152 e. The molecule has 0 N–H and O–H groups in total. The van der Waals surface area contributed by atoms with Crippen molar-refractivity contribution in [2.45, 2.75) is 6.92 Å². The molecule has 0 aromatic carbocycles. The van der Waals surface area contributed by atoms with E-state index in [1.165, 1.54) is 11.3 Å². The first-order valence-electron chi connectivity index (χ1n) is 4.14. The molecule has 3 nitrogen and oxygen atoms in total. The van der Waals surface area contributed by atoms with E-state index in [9.17, 15) is 4.79 Å². The molecule has 0 atom stereocenters. The predicted molar refractivity (Wildman–Crippen MR) is 55.5 cm³/mol. The van der Waals surface area contributed by atoms with Crippen LogP contribution in [-0.4, -0.2) is 16.3 Å². The highest BCUT2D eigenvalue weighted by Gasteiger charge is 2.08. The van der Waals surface area contributed by atoms with Crippen molar-refractivity contribution in [1.82, 2.24) is 9.97 Å². The Balaban J connectivity index is 2.55. The monoisotopic (exact) mass is 204 g/mol. The van der Waals surface area contributed by atoms with E-state index in [-0.39, 0.29) is 0 Å². The van der Waals surface area contributed by atoms with Crippen molar-refractivity contribution in [1.29, 1.82) is 0 Å². The fourth-order valence-electron chi connectivity index (χ4n) is 1.15. The van der Waals surface area contributed by atoms with Gasteiger partial charge in [-0.05, 0) is 19.1 Å². The summed E-state index contributed by atoms with van der Waals surface area (Å²) in [5.74, 6) is 0. The van der Waals surface area contributed by atoms with Gasteiger partial charge in [-0.2, -0.15) is 0 Å². The third-order valence-corrected chi connectivity index (χ3v) is 2.75. The summed E-state index contributed by atoms with van der Waals surface area (Å²) in [5, 5.41) is 2.74. The lowest BCUT2D eigenvalue weighted by molar-refractivity contribution is 0.112. The average Bonchev–Trinajstić information content (AvgIpc) is 2.65. The summed E-state index contributed by atoms with van der Waals surface area (Å²) in [6.45, 7) is 1.92. The van der Waals surface area contributed by atoms with Gasteiger partial charge in [0.25, 0.3) is 0 Å². The van der Waals surface area contributed by atoms with Crippen LogP contribution in [0.5, 0.6) is 0 Å². The molecular weight excluding hydrogens is 196 g/mol. The molecule has 0 saturated carbocycles. The van der Waals surface area contributed by atoms with Crippen molar-refractivity contribution in [3.8, 4) is 10.7 Å². The first-order valence-corrected chi connectivity index (χ1v) is 5.02. The Bertz CT molecular complexity index is 465. The number of aldehydes is 1. The summed E-state index contributed by atoms with van der Waals surface area (Å²) in [5.41, 5.74) is 2.20. The maximum atomic E-state index is 10.7. The molecular formula is C10H8N2OS. The molecule has 2 aromatic rings. The quantitative estimate of drug-likeness (QED) is 0.705. The molecule has 0 spiro atoms. The Kier molecular flexibility index (Phi) is 2.37. The second-order valence-electron chi connectivity index (χ2n) is 2.85. The zero-order chi connectivity index (χ0) is 9.97. The molecule has 0 aliphatic heterocycles. The minimum atomic E-state index is 0.585. The summed E-state index contributed by atoms with van der Waals surface area (Å²) in [6, 6.07) is 3.49. The highest BCUT2D eigenvalue weighted by molar-refractivity contribution is 7.13. The molecule has 2 heterocycles. The normalized spacial score (nSPS) is 10.1. The number of aromatic nitrogens is 2. The number of pyridine rings is 1. The van der Waals surface area contributed by atoms with E-state index in [0.717, 1.165) is 17.0 Å². The Morgan fingerprint density at radius 1 is 1.50 bits per heavy atom.